The molecule has 1 unspecified atom stereocenters. The summed E-state index contributed by atoms with van der Waals surface area (Å²) >= 11 is 3.32. The van der Waals surface area contributed by atoms with Gasteiger partial charge in [0.2, 0.25) is 0 Å². The van der Waals surface area contributed by atoms with Crippen molar-refractivity contribution in [1.29, 1.82) is 0 Å². The molecule has 0 heterocycles. The fraction of sp³-hybridized carbons (Fsp3) is 0.455. The van der Waals surface area contributed by atoms with Crippen molar-refractivity contribution in [3.63, 3.8) is 0 Å². The highest BCUT2D eigenvalue weighted by Crippen LogP contribution is 2.17. The van der Waals surface area contributed by atoms with E-state index in [9.17, 15) is 4.39 Å². The Balaban J connectivity index is 2.62. The van der Waals surface area contributed by atoms with Gasteiger partial charge in [0.05, 0.1) is 0 Å². The first kappa shape index (κ1) is 11.7. The van der Waals surface area contributed by atoms with Gasteiger partial charge in [0.15, 0.2) is 0 Å². The van der Waals surface area contributed by atoms with E-state index >= 15 is 0 Å². The number of hydrogen-bond donors (Lipinski definition) is 1. The van der Waals surface area contributed by atoms with Crippen LogP contribution in [0.5, 0.6) is 0 Å². The fourth-order valence-electron chi connectivity index (χ4n) is 1.28. The van der Waals surface area contributed by atoms with Gasteiger partial charge in [0.1, 0.15) is 5.82 Å². The molecule has 0 aliphatic carbocycles. The molecule has 1 rings (SSSR count). The van der Waals surface area contributed by atoms with Gasteiger partial charge in [-0.05, 0) is 43.0 Å². The molecular formula is C11H15BrFN. The van der Waals surface area contributed by atoms with Gasteiger partial charge < -0.3 is 5.73 Å². The Hall–Kier alpha value is -0.410. The molecule has 2 N–H and O–H groups in total. The Morgan fingerprint density at radius 3 is 2.86 bits per heavy atom. The van der Waals surface area contributed by atoms with Crippen molar-refractivity contribution < 1.29 is 4.39 Å². The topological polar surface area (TPSA) is 26.0 Å². The number of benzene rings is 1. The monoisotopic (exact) mass is 259 g/mol. The summed E-state index contributed by atoms with van der Waals surface area (Å²) in [6.45, 7) is 2.04. The van der Waals surface area contributed by atoms with E-state index in [1.54, 1.807) is 6.07 Å². The molecule has 0 aliphatic heterocycles. The van der Waals surface area contributed by atoms with Crippen LogP contribution in [-0.2, 0) is 6.42 Å². The van der Waals surface area contributed by atoms with Crippen LogP contribution in [0.15, 0.2) is 22.7 Å². The summed E-state index contributed by atoms with van der Waals surface area (Å²) in [4.78, 5) is 0. The maximum absolute atomic E-state index is 13.3. The number of nitrogens with two attached hydrogens (primary N) is 1. The molecule has 3 heteroatoms. The normalized spacial score (nSPS) is 12.9. The van der Waals surface area contributed by atoms with E-state index < -0.39 is 0 Å². The van der Waals surface area contributed by atoms with Gasteiger partial charge in [0, 0.05) is 10.5 Å². The lowest BCUT2D eigenvalue weighted by Gasteiger charge is -2.09. The molecule has 1 aromatic rings. The molecule has 0 bridgehead atoms. The van der Waals surface area contributed by atoms with Crippen LogP contribution in [0.1, 0.15) is 25.3 Å². The zero-order valence-electron chi connectivity index (χ0n) is 8.26. The second-order valence-electron chi connectivity index (χ2n) is 3.44. The predicted molar refractivity (Wildman–Crippen MR) is 60.7 cm³/mol. The number of halogens is 2. The molecule has 0 saturated carbocycles. The third-order valence-corrected chi connectivity index (χ3v) is 2.81. The standard InChI is InChI=1S/C11H15BrFN/c1-2-10(14)5-3-8-7-9(12)4-6-11(8)13/h4,6-7,10H,2-3,5,14H2,1H3. The van der Waals surface area contributed by atoms with Gasteiger partial charge in [-0.25, -0.2) is 4.39 Å². The summed E-state index contributed by atoms with van der Waals surface area (Å²) in [5.41, 5.74) is 6.51. The molecule has 0 fully saturated rings. The minimum absolute atomic E-state index is 0.142. The maximum Gasteiger partial charge on any atom is 0.126 e. The Labute approximate surface area is 92.6 Å². The average Bonchev–Trinajstić information content (AvgIpc) is 2.19. The Morgan fingerprint density at radius 1 is 1.50 bits per heavy atom. The zero-order chi connectivity index (χ0) is 10.6. The van der Waals surface area contributed by atoms with Crippen LogP contribution in [-0.4, -0.2) is 6.04 Å². The van der Waals surface area contributed by atoms with E-state index in [2.05, 4.69) is 15.9 Å². The number of hydrogen-bond acceptors (Lipinski definition) is 1. The van der Waals surface area contributed by atoms with Crippen molar-refractivity contribution in [3.05, 3.63) is 34.1 Å². The first-order chi connectivity index (χ1) is 6.63. The summed E-state index contributed by atoms with van der Waals surface area (Å²) in [5.74, 6) is -0.142. The lowest BCUT2D eigenvalue weighted by molar-refractivity contribution is 0.566. The second-order valence-corrected chi connectivity index (χ2v) is 4.36. The van der Waals surface area contributed by atoms with Crippen LogP contribution in [0.2, 0.25) is 0 Å². The molecule has 0 saturated heterocycles. The van der Waals surface area contributed by atoms with E-state index in [1.165, 1.54) is 6.07 Å². The van der Waals surface area contributed by atoms with Gasteiger partial charge in [-0.15, -0.1) is 0 Å². The van der Waals surface area contributed by atoms with E-state index in [0.29, 0.717) is 6.42 Å². The molecule has 0 radical (unpaired) electrons. The average molecular weight is 260 g/mol. The van der Waals surface area contributed by atoms with Crippen LogP contribution in [0.25, 0.3) is 0 Å². The minimum atomic E-state index is -0.142. The van der Waals surface area contributed by atoms with Crippen molar-refractivity contribution in [2.24, 2.45) is 5.73 Å². The van der Waals surface area contributed by atoms with E-state index in [-0.39, 0.29) is 11.9 Å². The Bertz CT molecular complexity index is 301. The van der Waals surface area contributed by atoms with Crippen LogP contribution < -0.4 is 5.73 Å². The molecule has 14 heavy (non-hydrogen) atoms. The third kappa shape index (κ3) is 3.39. The molecule has 0 aromatic heterocycles. The van der Waals surface area contributed by atoms with Gasteiger partial charge in [-0.1, -0.05) is 22.9 Å². The Morgan fingerprint density at radius 2 is 2.21 bits per heavy atom. The van der Waals surface area contributed by atoms with E-state index in [4.69, 9.17) is 5.73 Å². The lowest BCUT2D eigenvalue weighted by atomic mass is 10.0. The lowest BCUT2D eigenvalue weighted by Crippen LogP contribution is -2.19. The highest BCUT2D eigenvalue weighted by Gasteiger charge is 2.05. The smallest absolute Gasteiger partial charge is 0.126 e. The van der Waals surface area contributed by atoms with Crippen LogP contribution >= 0.6 is 15.9 Å². The minimum Gasteiger partial charge on any atom is -0.328 e. The second kappa shape index (κ2) is 5.47. The number of aryl methyl sites for hydroxylation is 1. The van der Waals surface area contributed by atoms with Crippen molar-refractivity contribution in [2.75, 3.05) is 0 Å². The summed E-state index contributed by atoms with van der Waals surface area (Å²) in [6, 6.07) is 5.18. The van der Waals surface area contributed by atoms with Crippen molar-refractivity contribution in [3.8, 4) is 0 Å². The highest BCUT2D eigenvalue weighted by molar-refractivity contribution is 9.10. The van der Waals surface area contributed by atoms with E-state index in [1.807, 2.05) is 13.0 Å². The van der Waals surface area contributed by atoms with Crippen molar-refractivity contribution >= 4 is 15.9 Å². The first-order valence-corrected chi connectivity index (χ1v) is 5.62. The van der Waals surface area contributed by atoms with Gasteiger partial charge in [-0.2, -0.15) is 0 Å². The summed E-state index contributed by atoms with van der Waals surface area (Å²) in [5, 5.41) is 0. The van der Waals surface area contributed by atoms with Gasteiger partial charge >= 0.3 is 0 Å². The van der Waals surface area contributed by atoms with Crippen LogP contribution in [0.4, 0.5) is 4.39 Å². The molecule has 1 aromatic carbocycles. The van der Waals surface area contributed by atoms with Crippen molar-refractivity contribution in [2.45, 2.75) is 32.2 Å². The zero-order valence-corrected chi connectivity index (χ0v) is 9.85. The summed E-state index contributed by atoms with van der Waals surface area (Å²) in [7, 11) is 0. The molecule has 1 atom stereocenters. The summed E-state index contributed by atoms with van der Waals surface area (Å²) in [6.07, 6.45) is 2.49. The van der Waals surface area contributed by atoms with Crippen LogP contribution in [0.3, 0.4) is 0 Å². The highest BCUT2D eigenvalue weighted by atomic mass is 79.9. The summed E-state index contributed by atoms with van der Waals surface area (Å²) < 4.78 is 14.2. The molecular weight excluding hydrogens is 245 g/mol. The molecule has 0 amide bonds. The molecule has 1 nitrogen and oxygen atoms in total. The first-order valence-electron chi connectivity index (χ1n) is 4.83. The molecule has 78 valence electrons. The van der Waals surface area contributed by atoms with Crippen LogP contribution in [0, 0.1) is 5.82 Å². The third-order valence-electron chi connectivity index (χ3n) is 2.32. The van der Waals surface area contributed by atoms with Crippen molar-refractivity contribution in [1.82, 2.24) is 0 Å². The fourth-order valence-corrected chi connectivity index (χ4v) is 1.69. The largest absolute Gasteiger partial charge is 0.328 e. The molecule has 0 aliphatic rings. The molecule has 0 spiro atoms. The maximum atomic E-state index is 13.3. The van der Waals surface area contributed by atoms with Gasteiger partial charge in [0.25, 0.3) is 0 Å². The quantitative estimate of drug-likeness (QED) is 0.883. The van der Waals surface area contributed by atoms with Gasteiger partial charge in [-0.3, -0.25) is 0 Å². The Kier molecular flexibility index (Phi) is 4.55. The number of rotatable bonds is 4. The predicted octanol–water partition coefficient (Wildman–Crippen LogP) is 3.26. The SMILES string of the molecule is CCC(N)CCc1cc(Br)ccc1F. The van der Waals surface area contributed by atoms with E-state index in [0.717, 1.165) is 22.9 Å².